The molecule has 0 saturated carbocycles. The van der Waals surface area contributed by atoms with Gasteiger partial charge in [0.25, 0.3) is 0 Å². The van der Waals surface area contributed by atoms with Crippen molar-refractivity contribution in [2.24, 2.45) is 0 Å². The molecule has 0 fully saturated rings. The Hall–Kier alpha value is -2.00. The Morgan fingerprint density at radius 2 is 1.85 bits per heavy atom. The third-order valence-corrected chi connectivity index (χ3v) is 3.20. The largest absolute Gasteiger partial charge is 0.488 e. The zero-order valence-electron chi connectivity index (χ0n) is 11.3. The molecule has 0 aliphatic heterocycles. The van der Waals surface area contributed by atoms with E-state index in [1.165, 1.54) is 0 Å². The SMILES string of the molecule is Cc1cc(Cl)cc(C)c1OCc1cccc(C(=O)O)c1. The molecular weight excluding hydrogens is 276 g/mol. The van der Waals surface area contributed by atoms with E-state index in [1.807, 2.05) is 32.0 Å². The minimum Gasteiger partial charge on any atom is -0.488 e. The van der Waals surface area contributed by atoms with Crippen LogP contribution in [0, 0.1) is 13.8 Å². The average molecular weight is 291 g/mol. The number of carboxylic acids is 1. The van der Waals surface area contributed by atoms with Crippen molar-refractivity contribution in [1.29, 1.82) is 0 Å². The van der Waals surface area contributed by atoms with Crippen LogP contribution >= 0.6 is 11.6 Å². The summed E-state index contributed by atoms with van der Waals surface area (Å²) in [6.45, 7) is 4.19. The summed E-state index contributed by atoms with van der Waals surface area (Å²) < 4.78 is 5.79. The summed E-state index contributed by atoms with van der Waals surface area (Å²) in [5.41, 5.74) is 3.00. The van der Waals surface area contributed by atoms with Gasteiger partial charge in [-0.1, -0.05) is 23.7 Å². The zero-order valence-corrected chi connectivity index (χ0v) is 12.1. The van der Waals surface area contributed by atoms with Crippen LogP contribution in [-0.4, -0.2) is 11.1 Å². The fourth-order valence-electron chi connectivity index (χ4n) is 2.07. The molecule has 0 saturated heterocycles. The first-order valence-corrected chi connectivity index (χ1v) is 6.57. The molecule has 0 unspecified atom stereocenters. The topological polar surface area (TPSA) is 46.5 Å². The smallest absolute Gasteiger partial charge is 0.335 e. The lowest BCUT2D eigenvalue weighted by Crippen LogP contribution is -2.02. The van der Waals surface area contributed by atoms with Gasteiger partial charge >= 0.3 is 5.97 Å². The Bertz CT molecular complexity index is 627. The lowest BCUT2D eigenvalue weighted by atomic mass is 10.1. The van der Waals surface area contributed by atoms with Crippen molar-refractivity contribution in [2.75, 3.05) is 0 Å². The van der Waals surface area contributed by atoms with Gasteiger partial charge in [-0.15, -0.1) is 0 Å². The fourth-order valence-corrected chi connectivity index (χ4v) is 2.40. The number of aryl methyl sites for hydroxylation is 2. The van der Waals surface area contributed by atoms with E-state index >= 15 is 0 Å². The zero-order chi connectivity index (χ0) is 14.7. The number of benzene rings is 2. The molecule has 0 spiro atoms. The summed E-state index contributed by atoms with van der Waals surface area (Å²) in [5, 5.41) is 9.64. The maximum absolute atomic E-state index is 10.9. The molecule has 0 aliphatic carbocycles. The second kappa shape index (κ2) is 5.97. The van der Waals surface area contributed by atoms with E-state index in [0.717, 1.165) is 22.4 Å². The molecule has 3 nitrogen and oxygen atoms in total. The monoisotopic (exact) mass is 290 g/mol. The van der Waals surface area contributed by atoms with Crippen LogP contribution in [0.25, 0.3) is 0 Å². The number of hydrogen-bond acceptors (Lipinski definition) is 2. The van der Waals surface area contributed by atoms with Gasteiger partial charge in [-0.2, -0.15) is 0 Å². The maximum atomic E-state index is 10.9. The van der Waals surface area contributed by atoms with Crippen molar-refractivity contribution >= 4 is 17.6 Å². The van der Waals surface area contributed by atoms with Gasteiger partial charge in [-0.05, 0) is 54.8 Å². The summed E-state index contributed by atoms with van der Waals surface area (Å²) in [6, 6.07) is 10.4. The maximum Gasteiger partial charge on any atom is 0.335 e. The molecule has 0 heterocycles. The highest BCUT2D eigenvalue weighted by Crippen LogP contribution is 2.27. The highest BCUT2D eigenvalue weighted by Gasteiger charge is 2.07. The van der Waals surface area contributed by atoms with Crippen LogP contribution in [0.5, 0.6) is 5.75 Å². The summed E-state index contributed by atoms with van der Waals surface area (Å²) in [5.74, 6) is -0.152. The Morgan fingerprint density at radius 1 is 1.20 bits per heavy atom. The molecule has 0 aliphatic rings. The third kappa shape index (κ3) is 3.31. The van der Waals surface area contributed by atoms with E-state index in [9.17, 15) is 4.79 Å². The molecule has 104 valence electrons. The average Bonchev–Trinajstić information content (AvgIpc) is 2.37. The Morgan fingerprint density at radius 3 is 2.45 bits per heavy atom. The number of halogens is 1. The van der Waals surface area contributed by atoms with Crippen LogP contribution in [-0.2, 0) is 6.61 Å². The Kier molecular flexibility index (Phi) is 4.30. The lowest BCUT2D eigenvalue weighted by Gasteiger charge is -2.13. The molecule has 2 rings (SSSR count). The standard InChI is InChI=1S/C16H15ClO3/c1-10-6-14(17)7-11(2)15(10)20-9-12-4-3-5-13(8-12)16(18)19/h3-8H,9H2,1-2H3,(H,18,19). The van der Waals surface area contributed by atoms with Crippen LogP contribution < -0.4 is 4.74 Å². The van der Waals surface area contributed by atoms with Crippen LogP contribution in [0.2, 0.25) is 5.02 Å². The van der Waals surface area contributed by atoms with Crippen molar-refractivity contribution < 1.29 is 14.6 Å². The summed E-state index contributed by atoms with van der Waals surface area (Å²) in [4.78, 5) is 10.9. The lowest BCUT2D eigenvalue weighted by molar-refractivity contribution is 0.0696. The van der Waals surface area contributed by atoms with Crippen molar-refractivity contribution in [1.82, 2.24) is 0 Å². The molecule has 2 aromatic rings. The molecule has 20 heavy (non-hydrogen) atoms. The Labute approximate surface area is 122 Å². The molecular formula is C16H15ClO3. The minimum atomic E-state index is -0.939. The van der Waals surface area contributed by atoms with Gasteiger partial charge in [-0.25, -0.2) is 4.79 Å². The van der Waals surface area contributed by atoms with Gasteiger partial charge in [0.2, 0.25) is 0 Å². The number of hydrogen-bond donors (Lipinski definition) is 1. The molecule has 0 bridgehead atoms. The van der Waals surface area contributed by atoms with Crippen LogP contribution in [0.1, 0.15) is 27.0 Å². The molecule has 4 heteroatoms. The van der Waals surface area contributed by atoms with Gasteiger partial charge in [0, 0.05) is 5.02 Å². The second-order valence-electron chi connectivity index (χ2n) is 4.66. The van der Waals surface area contributed by atoms with Gasteiger partial charge in [0.15, 0.2) is 0 Å². The molecule has 1 N–H and O–H groups in total. The quantitative estimate of drug-likeness (QED) is 0.916. The summed E-state index contributed by atoms with van der Waals surface area (Å²) >= 11 is 5.97. The van der Waals surface area contributed by atoms with E-state index in [4.69, 9.17) is 21.4 Å². The molecule has 0 aromatic heterocycles. The number of ether oxygens (including phenoxy) is 1. The van der Waals surface area contributed by atoms with Crippen LogP contribution in [0.4, 0.5) is 0 Å². The number of carbonyl (C=O) groups is 1. The predicted octanol–water partition coefficient (Wildman–Crippen LogP) is 4.23. The highest BCUT2D eigenvalue weighted by atomic mass is 35.5. The van der Waals surface area contributed by atoms with Crippen LogP contribution in [0.15, 0.2) is 36.4 Å². The molecule has 2 aromatic carbocycles. The third-order valence-electron chi connectivity index (χ3n) is 2.98. The van der Waals surface area contributed by atoms with E-state index in [2.05, 4.69) is 0 Å². The van der Waals surface area contributed by atoms with E-state index in [1.54, 1.807) is 18.2 Å². The predicted molar refractivity (Wildman–Crippen MR) is 78.7 cm³/mol. The van der Waals surface area contributed by atoms with Crippen molar-refractivity contribution in [3.05, 3.63) is 63.7 Å². The van der Waals surface area contributed by atoms with E-state index in [0.29, 0.717) is 11.6 Å². The molecule has 0 radical (unpaired) electrons. The van der Waals surface area contributed by atoms with Gasteiger partial charge in [0.1, 0.15) is 12.4 Å². The first kappa shape index (κ1) is 14.4. The minimum absolute atomic E-state index is 0.260. The van der Waals surface area contributed by atoms with Crippen molar-refractivity contribution in [2.45, 2.75) is 20.5 Å². The number of rotatable bonds is 4. The van der Waals surface area contributed by atoms with Crippen molar-refractivity contribution in [3.63, 3.8) is 0 Å². The number of carboxylic acid groups (broad SMARTS) is 1. The summed E-state index contributed by atoms with van der Waals surface area (Å²) in [6.07, 6.45) is 0. The molecule has 0 atom stereocenters. The number of aromatic carboxylic acids is 1. The normalized spacial score (nSPS) is 10.3. The van der Waals surface area contributed by atoms with Gasteiger partial charge in [-0.3, -0.25) is 0 Å². The molecule has 0 amide bonds. The van der Waals surface area contributed by atoms with Gasteiger partial charge < -0.3 is 9.84 Å². The fraction of sp³-hybridized carbons (Fsp3) is 0.188. The highest BCUT2D eigenvalue weighted by molar-refractivity contribution is 6.30. The van der Waals surface area contributed by atoms with Gasteiger partial charge in [0.05, 0.1) is 5.56 Å². The second-order valence-corrected chi connectivity index (χ2v) is 5.10. The van der Waals surface area contributed by atoms with Crippen molar-refractivity contribution in [3.8, 4) is 5.75 Å². The first-order valence-electron chi connectivity index (χ1n) is 6.19. The summed E-state index contributed by atoms with van der Waals surface area (Å²) in [7, 11) is 0. The first-order chi connectivity index (χ1) is 9.47. The van der Waals surface area contributed by atoms with E-state index < -0.39 is 5.97 Å². The van der Waals surface area contributed by atoms with E-state index in [-0.39, 0.29) is 5.56 Å². The Balaban J connectivity index is 2.17. The van der Waals surface area contributed by atoms with Crippen LogP contribution in [0.3, 0.4) is 0 Å².